The minimum absolute atomic E-state index is 0.0864. The molecule has 1 unspecified atom stereocenters. The van der Waals surface area contributed by atoms with Crippen molar-refractivity contribution in [1.29, 1.82) is 0 Å². The molecule has 0 aromatic heterocycles. The fourth-order valence-corrected chi connectivity index (χ4v) is 2.63. The maximum absolute atomic E-state index is 12.7. The first-order valence-electron chi connectivity index (χ1n) is 8.34. The van der Waals surface area contributed by atoms with E-state index in [0.29, 0.717) is 22.0 Å². The second-order valence-corrected chi connectivity index (χ2v) is 6.73. The number of carbonyl (C=O) groups excluding carboxylic acids is 2. The average Bonchev–Trinajstić information content (AvgIpc) is 2.63. The Kier molecular flexibility index (Phi) is 6.64. The van der Waals surface area contributed by atoms with Crippen LogP contribution in [0.1, 0.15) is 29.8 Å². The number of amides is 2. The SMILES string of the molecule is COc1ccc(C(=O)NC(C(=O)Nc2cccc(Cl)c2C)C(C)C)cc1. The predicted octanol–water partition coefficient (Wildman–Crippen LogP) is 4.05. The Morgan fingerprint density at radius 3 is 2.31 bits per heavy atom. The van der Waals surface area contributed by atoms with Crippen LogP contribution in [0.4, 0.5) is 5.69 Å². The van der Waals surface area contributed by atoms with E-state index in [1.165, 1.54) is 0 Å². The van der Waals surface area contributed by atoms with Gasteiger partial charge in [0.2, 0.25) is 5.91 Å². The van der Waals surface area contributed by atoms with Gasteiger partial charge in [-0.1, -0.05) is 31.5 Å². The van der Waals surface area contributed by atoms with Gasteiger partial charge in [0.1, 0.15) is 11.8 Å². The number of benzene rings is 2. The van der Waals surface area contributed by atoms with Crippen LogP contribution >= 0.6 is 11.6 Å². The van der Waals surface area contributed by atoms with Crippen molar-refractivity contribution in [3.05, 3.63) is 58.6 Å². The first kappa shape index (κ1) is 19.8. The van der Waals surface area contributed by atoms with Crippen LogP contribution in [0.25, 0.3) is 0 Å². The Morgan fingerprint density at radius 1 is 1.08 bits per heavy atom. The van der Waals surface area contributed by atoms with Crippen molar-refractivity contribution in [2.24, 2.45) is 5.92 Å². The normalized spacial score (nSPS) is 11.8. The standard InChI is InChI=1S/C20H23ClN2O3/c1-12(2)18(20(25)22-17-7-5-6-16(21)13(17)3)23-19(24)14-8-10-15(26-4)11-9-14/h5-12,18H,1-4H3,(H,22,25)(H,23,24). The van der Waals surface area contributed by atoms with Crippen molar-refractivity contribution in [3.63, 3.8) is 0 Å². The van der Waals surface area contributed by atoms with E-state index in [4.69, 9.17) is 16.3 Å². The molecule has 0 radical (unpaired) electrons. The van der Waals surface area contributed by atoms with Gasteiger partial charge in [0, 0.05) is 16.3 Å². The average molecular weight is 375 g/mol. The highest BCUT2D eigenvalue weighted by atomic mass is 35.5. The molecule has 2 amide bonds. The number of methoxy groups -OCH3 is 1. The van der Waals surface area contributed by atoms with Gasteiger partial charge in [-0.05, 0) is 54.8 Å². The van der Waals surface area contributed by atoms with Gasteiger partial charge in [-0.3, -0.25) is 9.59 Å². The van der Waals surface area contributed by atoms with Crippen LogP contribution in [0.3, 0.4) is 0 Å². The van der Waals surface area contributed by atoms with E-state index in [-0.39, 0.29) is 17.7 Å². The molecule has 0 fully saturated rings. The molecule has 138 valence electrons. The largest absolute Gasteiger partial charge is 0.497 e. The lowest BCUT2D eigenvalue weighted by molar-refractivity contribution is -0.118. The number of carbonyl (C=O) groups is 2. The van der Waals surface area contributed by atoms with Crippen LogP contribution in [0.5, 0.6) is 5.75 Å². The highest BCUT2D eigenvalue weighted by Crippen LogP contribution is 2.23. The maximum Gasteiger partial charge on any atom is 0.251 e. The highest BCUT2D eigenvalue weighted by molar-refractivity contribution is 6.31. The Labute approximate surface area is 158 Å². The van der Waals surface area contributed by atoms with Crippen molar-refractivity contribution in [1.82, 2.24) is 5.32 Å². The van der Waals surface area contributed by atoms with Gasteiger partial charge in [-0.25, -0.2) is 0 Å². The molecule has 0 aliphatic rings. The van der Waals surface area contributed by atoms with Gasteiger partial charge >= 0.3 is 0 Å². The number of rotatable bonds is 6. The second-order valence-electron chi connectivity index (χ2n) is 6.33. The first-order chi connectivity index (χ1) is 12.3. The summed E-state index contributed by atoms with van der Waals surface area (Å²) in [7, 11) is 1.56. The molecular weight excluding hydrogens is 352 g/mol. The van der Waals surface area contributed by atoms with E-state index in [9.17, 15) is 9.59 Å². The molecule has 0 spiro atoms. The van der Waals surface area contributed by atoms with Gasteiger partial charge in [-0.15, -0.1) is 0 Å². The van der Waals surface area contributed by atoms with Crippen LogP contribution < -0.4 is 15.4 Å². The monoisotopic (exact) mass is 374 g/mol. The second kappa shape index (κ2) is 8.72. The molecule has 0 saturated carbocycles. The molecule has 0 bridgehead atoms. The summed E-state index contributed by atoms with van der Waals surface area (Å²) in [6, 6.07) is 11.4. The number of ether oxygens (including phenoxy) is 1. The minimum atomic E-state index is -0.678. The molecular formula is C20H23ClN2O3. The van der Waals surface area contributed by atoms with E-state index in [0.717, 1.165) is 5.56 Å². The summed E-state index contributed by atoms with van der Waals surface area (Å²) in [5.74, 6) is -0.0237. The quantitative estimate of drug-likeness (QED) is 0.801. The van der Waals surface area contributed by atoms with E-state index in [2.05, 4.69) is 10.6 Å². The van der Waals surface area contributed by atoms with Crippen molar-refractivity contribution < 1.29 is 14.3 Å². The third-order valence-electron chi connectivity index (χ3n) is 4.11. The van der Waals surface area contributed by atoms with Crippen molar-refractivity contribution in [3.8, 4) is 5.75 Å². The Bertz CT molecular complexity index is 788. The number of hydrogen-bond acceptors (Lipinski definition) is 3. The van der Waals surface area contributed by atoms with Crippen LogP contribution in [0.15, 0.2) is 42.5 Å². The molecule has 0 heterocycles. The lowest BCUT2D eigenvalue weighted by Gasteiger charge is -2.22. The van der Waals surface area contributed by atoms with Crippen LogP contribution in [-0.2, 0) is 4.79 Å². The molecule has 0 aliphatic carbocycles. The number of halogens is 1. The van der Waals surface area contributed by atoms with E-state index >= 15 is 0 Å². The van der Waals surface area contributed by atoms with Gasteiger partial charge < -0.3 is 15.4 Å². The minimum Gasteiger partial charge on any atom is -0.497 e. The van der Waals surface area contributed by atoms with Gasteiger partial charge in [-0.2, -0.15) is 0 Å². The number of hydrogen-bond donors (Lipinski definition) is 2. The molecule has 6 heteroatoms. The van der Waals surface area contributed by atoms with Crippen LogP contribution in [0, 0.1) is 12.8 Å². The lowest BCUT2D eigenvalue weighted by Crippen LogP contribution is -2.47. The smallest absolute Gasteiger partial charge is 0.251 e. The highest BCUT2D eigenvalue weighted by Gasteiger charge is 2.25. The van der Waals surface area contributed by atoms with Crippen molar-refractivity contribution in [2.45, 2.75) is 26.8 Å². The number of nitrogens with one attached hydrogen (secondary N) is 2. The molecule has 2 aromatic rings. The number of anilines is 1. The summed E-state index contributed by atoms with van der Waals surface area (Å²) in [4.78, 5) is 25.2. The van der Waals surface area contributed by atoms with Crippen molar-refractivity contribution >= 4 is 29.1 Å². The fraction of sp³-hybridized carbons (Fsp3) is 0.300. The lowest BCUT2D eigenvalue weighted by atomic mass is 10.0. The van der Waals surface area contributed by atoms with Gasteiger partial charge in [0.15, 0.2) is 0 Å². The first-order valence-corrected chi connectivity index (χ1v) is 8.72. The van der Waals surface area contributed by atoms with Gasteiger partial charge in [0.25, 0.3) is 5.91 Å². The van der Waals surface area contributed by atoms with Crippen LogP contribution in [-0.4, -0.2) is 25.0 Å². The fourth-order valence-electron chi connectivity index (χ4n) is 2.46. The van der Waals surface area contributed by atoms with Crippen molar-refractivity contribution in [2.75, 3.05) is 12.4 Å². The van der Waals surface area contributed by atoms with Gasteiger partial charge in [0.05, 0.1) is 7.11 Å². The Morgan fingerprint density at radius 2 is 1.73 bits per heavy atom. The molecule has 2 N–H and O–H groups in total. The molecule has 2 rings (SSSR count). The third-order valence-corrected chi connectivity index (χ3v) is 4.52. The predicted molar refractivity (Wildman–Crippen MR) is 104 cm³/mol. The maximum atomic E-state index is 12.7. The summed E-state index contributed by atoms with van der Waals surface area (Å²) in [6.45, 7) is 5.59. The summed E-state index contributed by atoms with van der Waals surface area (Å²) in [5.41, 5.74) is 1.88. The summed E-state index contributed by atoms with van der Waals surface area (Å²) in [6.07, 6.45) is 0. The van der Waals surface area contributed by atoms with Crippen LogP contribution in [0.2, 0.25) is 5.02 Å². The zero-order chi connectivity index (χ0) is 19.3. The molecule has 0 aliphatic heterocycles. The zero-order valence-electron chi connectivity index (χ0n) is 15.3. The molecule has 1 atom stereocenters. The van der Waals surface area contributed by atoms with E-state index in [1.54, 1.807) is 49.6 Å². The Balaban J connectivity index is 2.13. The third kappa shape index (κ3) is 4.76. The van der Waals surface area contributed by atoms with E-state index < -0.39 is 6.04 Å². The Hall–Kier alpha value is -2.53. The summed E-state index contributed by atoms with van der Waals surface area (Å²) in [5, 5.41) is 6.22. The molecule has 26 heavy (non-hydrogen) atoms. The topological polar surface area (TPSA) is 67.4 Å². The summed E-state index contributed by atoms with van der Waals surface area (Å²) < 4.78 is 5.09. The zero-order valence-corrected chi connectivity index (χ0v) is 16.1. The molecule has 5 nitrogen and oxygen atoms in total. The van der Waals surface area contributed by atoms with E-state index in [1.807, 2.05) is 20.8 Å². The molecule has 0 saturated heterocycles. The summed E-state index contributed by atoms with van der Waals surface area (Å²) >= 11 is 6.10. The molecule has 2 aromatic carbocycles.